The van der Waals surface area contributed by atoms with Crippen LogP contribution in [0.1, 0.15) is 26.7 Å². The summed E-state index contributed by atoms with van der Waals surface area (Å²) in [5.41, 5.74) is 0.618. The SMILES string of the molecule is COC(=O)c1cn(CCOCCO)nn1.Cc1c(C(=O)O)nnn1CCOCCO. The van der Waals surface area contributed by atoms with Crippen LogP contribution in [0.2, 0.25) is 0 Å². The number of rotatable bonds is 12. The van der Waals surface area contributed by atoms with E-state index in [2.05, 4.69) is 25.4 Å². The number of carboxylic acids is 1. The van der Waals surface area contributed by atoms with Gasteiger partial charge in [0, 0.05) is 0 Å². The second-order valence-corrected chi connectivity index (χ2v) is 5.58. The third-order valence-corrected chi connectivity index (χ3v) is 3.50. The number of carboxylic acid groups (broad SMARTS) is 1. The van der Waals surface area contributed by atoms with Gasteiger partial charge in [0.1, 0.15) is 0 Å². The monoisotopic (exact) mass is 430 g/mol. The topological polar surface area (TPSA) is 184 Å². The van der Waals surface area contributed by atoms with E-state index < -0.39 is 11.9 Å². The second-order valence-electron chi connectivity index (χ2n) is 5.58. The minimum Gasteiger partial charge on any atom is -0.476 e. The highest BCUT2D eigenvalue weighted by Gasteiger charge is 2.14. The largest absolute Gasteiger partial charge is 0.476 e. The highest BCUT2D eigenvalue weighted by molar-refractivity contribution is 5.86. The first-order valence-corrected chi connectivity index (χ1v) is 8.93. The van der Waals surface area contributed by atoms with Gasteiger partial charge in [-0.3, -0.25) is 0 Å². The van der Waals surface area contributed by atoms with Crippen molar-refractivity contribution in [2.75, 3.05) is 46.8 Å². The number of carbonyl (C=O) groups excluding carboxylic acids is 1. The summed E-state index contributed by atoms with van der Waals surface area (Å²) in [5.74, 6) is -1.60. The van der Waals surface area contributed by atoms with Gasteiger partial charge >= 0.3 is 11.9 Å². The van der Waals surface area contributed by atoms with E-state index in [0.717, 1.165) is 0 Å². The first kappa shape index (κ1) is 25.1. The first-order chi connectivity index (χ1) is 14.4. The summed E-state index contributed by atoms with van der Waals surface area (Å²) in [6, 6.07) is 0. The van der Waals surface area contributed by atoms with E-state index >= 15 is 0 Å². The van der Waals surface area contributed by atoms with Crippen LogP contribution in [0.5, 0.6) is 0 Å². The van der Waals surface area contributed by atoms with Crippen molar-refractivity contribution in [3.63, 3.8) is 0 Å². The molecule has 0 atom stereocenters. The van der Waals surface area contributed by atoms with Crippen LogP contribution in [-0.4, -0.2) is 104 Å². The number of aliphatic hydroxyl groups is 2. The number of hydrogen-bond donors (Lipinski definition) is 3. The number of ether oxygens (including phenoxy) is 3. The normalized spacial score (nSPS) is 10.4. The molecule has 2 aromatic heterocycles. The third-order valence-electron chi connectivity index (χ3n) is 3.50. The maximum atomic E-state index is 11.0. The van der Waals surface area contributed by atoms with Crippen molar-refractivity contribution >= 4 is 11.9 Å². The van der Waals surface area contributed by atoms with E-state index in [1.165, 1.54) is 22.7 Å². The number of hydrogen-bond acceptors (Lipinski definition) is 11. The molecule has 14 nitrogen and oxygen atoms in total. The minimum absolute atomic E-state index is 0.00916. The van der Waals surface area contributed by atoms with Gasteiger partial charge in [-0.05, 0) is 6.92 Å². The standard InChI is InChI=1S/2C8H13N3O4/c1-14-8(13)7-6-11(10-9-7)2-4-15-5-3-12;1-6-7(8(13)14)9-10-11(6)2-4-15-5-3-12/h6,12H,2-5H2,1H3;12H,2-5H2,1H3,(H,13,14). The molecular formula is C16H26N6O8. The van der Waals surface area contributed by atoms with E-state index in [1.807, 2.05) is 0 Å². The fourth-order valence-corrected chi connectivity index (χ4v) is 2.02. The predicted octanol–water partition coefficient (Wildman–Crippen LogP) is -1.63. The molecule has 0 saturated heterocycles. The lowest BCUT2D eigenvalue weighted by atomic mass is 10.3. The number of esters is 1. The van der Waals surface area contributed by atoms with Gasteiger partial charge in [0.25, 0.3) is 0 Å². The molecule has 14 heteroatoms. The van der Waals surface area contributed by atoms with Gasteiger partial charge in [-0.15, -0.1) is 10.2 Å². The maximum Gasteiger partial charge on any atom is 0.360 e. The number of aliphatic hydroxyl groups excluding tert-OH is 2. The van der Waals surface area contributed by atoms with Gasteiger partial charge in [0.15, 0.2) is 11.4 Å². The molecule has 0 aliphatic carbocycles. The molecule has 0 radical (unpaired) electrons. The van der Waals surface area contributed by atoms with E-state index in [9.17, 15) is 9.59 Å². The molecule has 30 heavy (non-hydrogen) atoms. The van der Waals surface area contributed by atoms with E-state index in [-0.39, 0.29) is 31.2 Å². The van der Waals surface area contributed by atoms with Crippen LogP contribution in [0.15, 0.2) is 6.20 Å². The summed E-state index contributed by atoms with van der Waals surface area (Å²) in [6.07, 6.45) is 1.48. The lowest BCUT2D eigenvalue weighted by Gasteiger charge is -2.03. The summed E-state index contributed by atoms with van der Waals surface area (Å²) in [4.78, 5) is 21.6. The van der Waals surface area contributed by atoms with Gasteiger partial charge in [-0.25, -0.2) is 19.0 Å². The molecule has 3 N–H and O–H groups in total. The lowest BCUT2D eigenvalue weighted by Crippen LogP contribution is -2.11. The van der Waals surface area contributed by atoms with Crippen LogP contribution in [0.3, 0.4) is 0 Å². The molecule has 0 amide bonds. The van der Waals surface area contributed by atoms with Gasteiger partial charge < -0.3 is 29.5 Å². The minimum atomic E-state index is -1.09. The Bertz CT molecular complexity index is 778. The molecule has 0 aromatic carbocycles. The lowest BCUT2D eigenvalue weighted by molar-refractivity contribution is 0.0592. The Hall–Kier alpha value is -2.94. The average molecular weight is 430 g/mol. The summed E-state index contributed by atoms with van der Waals surface area (Å²) in [6.45, 7) is 3.82. The predicted molar refractivity (Wildman–Crippen MR) is 98.9 cm³/mol. The molecule has 0 aliphatic heterocycles. The Labute approximate surface area is 172 Å². The van der Waals surface area contributed by atoms with Gasteiger partial charge in [0.05, 0.1) is 71.7 Å². The molecule has 0 fully saturated rings. The van der Waals surface area contributed by atoms with Crippen molar-refractivity contribution in [1.82, 2.24) is 30.0 Å². The fourth-order valence-electron chi connectivity index (χ4n) is 2.02. The Morgan fingerprint density at radius 1 is 1.00 bits per heavy atom. The highest BCUT2D eigenvalue weighted by atomic mass is 16.5. The zero-order valence-corrected chi connectivity index (χ0v) is 16.8. The van der Waals surface area contributed by atoms with E-state index in [4.69, 9.17) is 24.8 Å². The van der Waals surface area contributed by atoms with Gasteiger partial charge in [-0.1, -0.05) is 10.4 Å². The van der Waals surface area contributed by atoms with Crippen LogP contribution in [0.4, 0.5) is 0 Å². The van der Waals surface area contributed by atoms with Crippen LogP contribution < -0.4 is 0 Å². The summed E-state index contributed by atoms with van der Waals surface area (Å²) in [5, 5.41) is 40.1. The van der Waals surface area contributed by atoms with Gasteiger partial charge in [0.2, 0.25) is 0 Å². The summed E-state index contributed by atoms with van der Waals surface area (Å²) >= 11 is 0. The van der Waals surface area contributed by atoms with Crippen LogP contribution in [-0.2, 0) is 27.3 Å². The second kappa shape index (κ2) is 14.1. The quantitative estimate of drug-likeness (QED) is 0.258. The van der Waals surface area contributed by atoms with Crippen LogP contribution >= 0.6 is 0 Å². The van der Waals surface area contributed by atoms with E-state index in [1.54, 1.807) is 6.92 Å². The van der Waals surface area contributed by atoms with Gasteiger partial charge in [-0.2, -0.15) is 0 Å². The number of aromatic carboxylic acids is 1. The molecule has 0 unspecified atom stereocenters. The molecular weight excluding hydrogens is 404 g/mol. The summed E-state index contributed by atoms with van der Waals surface area (Å²) in [7, 11) is 1.28. The molecule has 2 aromatic rings. The van der Waals surface area contributed by atoms with Crippen molar-refractivity contribution in [1.29, 1.82) is 0 Å². The van der Waals surface area contributed by atoms with E-state index in [0.29, 0.717) is 38.6 Å². The molecule has 168 valence electrons. The number of methoxy groups -OCH3 is 1. The zero-order valence-electron chi connectivity index (χ0n) is 16.8. The smallest absolute Gasteiger partial charge is 0.360 e. The fraction of sp³-hybridized carbons (Fsp3) is 0.625. The molecule has 2 heterocycles. The summed E-state index contributed by atoms with van der Waals surface area (Å²) < 4.78 is 17.5. The Kier molecular flexibility index (Phi) is 11.8. The average Bonchev–Trinajstić information content (AvgIpc) is 3.35. The molecule has 0 spiro atoms. The zero-order chi connectivity index (χ0) is 22.4. The molecule has 0 saturated carbocycles. The van der Waals surface area contributed by atoms with Crippen molar-refractivity contribution < 1.29 is 39.1 Å². The molecule has 2 rings (SSSR count). The Morgan fingerprint density at radius 3 is 2.17 bits per heavy atom. The number of carbonyl (C=O) groups is 2. The van der Waals surface area contributed by atoms with Crippen molar-refractivity contribution in [2.24, 2.45) is 0 Å². The Balaban J connectivity index is 0.000000300. The maximum absolute atomic E-state index is 11.0. The van der Waals surface area contributed by atoms with Crippen LogP contribution in [0.25, 0.3) is 0 Å². The third kappa shape index (κ3) is 8.60. The highest BCUT2D eigenvalue weighted by Crippen LogP contribution is 2.03. The first-order valence-electron chi connectivity index (χ1n) is 8.93. The Morgan fingerprint density at radius 2 is 1.63 bits per heavy atom. The van der Waals surface area contributed by atoms with Crippen molar-refractivity contribution in [2.45, 2.75) is 20.0 Å². The molecule has 0 aliphatic rings. The number of aromatic nitrogens is 6. The number of nitrogens with zero attached hydrogens (tertiary/aromatic N) is 6. The van der Waals surface area contributed by atoms with Crippen molar-refractivity contribution in [3.8, 4) is 0 Å². The molecule has 0 bridgehead atoms. The van der Waals surface area contributed by atoms with Crippen LogP contribution in [0, 0.1) is 6.92 Å². The van der Waals surface area contributed by atoms with Crippen molar-refractivity contribution in [3.05, 3.63) is 23.3 Å².